The molecule has 0 radical (unpaired) electrons. The Morgan fingerprint density at radius 2 is 1.67 bits per heavy atom. The zero-order valence-electron chi connectivity index (χ0n) is 15.2. The molecule has 0 aromatic carbocycles. The summed E-state index contributed by atoms with van der Waals surface area (Å²) in [6.07, 6.45) is -0.563. The first-order valence-corrected chi connectivity index (χ1v) is 10.0. The number of nitrogens with one attached hydrogen (secondary N) is 2. The second-order valence-corrected chi connectivity index (χ2v) is 7.90. The molecule has 0 fully saturated rings. The Labute approximate surface area is 168 Å². The maximum absolute atomic E-state index is 12.4. The number of hydrogen-bond donors (Lipinski definition) is 2. The van der Waals surface area contributed by atoms with Crippen LogP contribution in [-0.2, 0) is 9.84 Å². The monoisotopic (exact) mass is 438 g/mol. The largest absolute Gasteiger partial charge is 0.454 e. The number of nitrogens with zero attached hydrogens (tertiary/aromatic N) is 4. The second kappa shape index (κ2) is 8.02. The van der Waals surface area contributed by atoms with Crippen molar-refractivity contribution in [3.8, 4) is 0 Å². The van der Waals surface area contributed by atoms with Crippen molar-refractivity contribution in [1.82, 2.24) is 19.9 Å². The fourth-order valence-corrected chi connectivity index (χ4v) is 3.08. The van der Waals surface area contributed by atoms with E-state index in [0.29, 0.717) is 0 Å². The molecule has 3 rings (SSSR count). The van der Waals surface area contributed by atoms with Gasteiger partial charge in [-0.1, -0.05) is 0 Å². The third-order valence-electron chi connectivity index (χ3n) is 3.62. The molecule has 0 unspecified atom stereocenters. The molecule has 3 heterocycles. The molecule has 0 amide bonds. The van der Waals surface area contributed by atoms with Crippen LogP contribution in [0, 0.1) is 0 Å². The SMILES string of the molecule is CS(=O)(=O)c1cccnc1Nc1cc(Nc2ccc(C(=O)C(F)(F)F)cn2)ncn1. The zero-order valence-corrected chi connectivity index (χ0v) is 16.0. The summed E-state index contributed by atoms with van der Waals surface area (Å²) >= 11 is 0. The summed E-state index contributed by atoms with van der Waals surface area (Å²) in [5.41, 5.74) is -0.596. The normalized spacial score (nSPS) is 11.7. The van der Waals surface area contributed by atoms with E-state index in [4.69, 9.17) is 0 Å². The molecule has 3 aromatic heterocycles. The van der Waals surface area contributed by atoms with Gasteiger partial charge in [0.05, 0.1) is 0 Å². The number of aromatic nitrogens is 4. The van der Waals surface area contributed by atoms with E-state index in [9.17, 15) is 26.4 Å². The first kappa shape index (κ1) is 21.1. The summed E-state index contributed by atoms with van der Waals surface area (Å²) in [6, 6.07) is 6.45. The first-order valence-electron chi connectivity index (χ1n) is 8.13. The van der Waals surface area contributed by atoms with Gasteiger partial charge in [-0.15, -0.1) is 0 Å². The number of ketones is 1. The first-order chi connectivity index (χ1) is 14.0. The third kappa shape index (κ3) is 5.05. The van der Waals surface area contributed by atoms with Crippen LogP contribution in [0.15, 0.2) is 53.9 Å². The summed E-state index contributed by atoms with van der Waals surface area (Å²) in [5.74, 6) is -1.37. The van der Waals surface area contributed by atoms with Gasteiger partial charge in [-0.25, -0.2) is 28.4 Å². The number of sulfone groups is 1. The minimum Gasteiger partial charge on any atom is -0.325 e. The number of pyridine rings is 2. The van der Waals surface area contributed by atoms with Crippen molar-refractivity contribution in [1.29, 1.82) is 0 Å². The van der Waals surface area contributed by atoms with Crippen molar-refractivity contribution in [2.24, 2.45) is 0 Å². The average Bonchev–Trinajstić information content (AvgIpc) is 2.67. The van der Waals surface area contributed by atoms with Gasteiger partial charge in [-0.3, -0.25) is 4.79 Å². The average molecular weight is 438 g/mol. The predicted molar refractivity (Wildman–Crippen MR) is 101 cm³/mol. The van der Waals surface area contributed by atoms with E-state index < -0.39 is 27.4 Å². The Bertz CT molecular complexity index is 1180. The van der Waals surface area contributed by atoms with Gasteiger partial charge in [0.25, 0.3) is 5.78 Å². The topological polar surface area (TPSA) is 127 Å². The second-order valence-electron chi connectivity index (χ2n) is 5.92. The highest BCUT2D eigenvalue weighted by Gasteiger charge is 2.39. The molecule has 156 valence electrons. The lowest BCUT2D eigenvalue weighted by molar-refractivity contribution is -0.0885. The van der Waals surface area contributed by atoms with Gasteiger partial charge in [-0.05, 0) is 24.3 Å². The van der Waals surface area contributed by atoms with Crippen LogP contribution in [-0.4, -0.2) is 46.6 Å². The van der Waals surface area contributed by atoms with Crippen molar-refractivity contribution < 1.29 is 26.4 Å². The Balaban J connectivity index is 1.78. The van der Waals surface area contributed by atoms with Crippen LogP contribution in [0.5, 0.6) is 0 Å². The van der Waals surface area contributed by atoms with Gasteiger partial charge in [0.2, 0.25) is 0 Å². The van der Waals surface area contributed by atoms with Crippen molar-refractivity contribution in [3.63, 3.8) is 0 Å². The van der Waals surface area contributed by atoms with Crippen molar-refractivity contribution >= 4 is 38.9 Å². The van der Waals surface area contributed by atoms with E-state index >= 15 is 0 Å². The van der Waals surface area contributed by atoms with E-state index in [0.717, 1.165) is 18.5 Å². The number of halogens is 3. The fraction of sp³-hybridized carbons (Fsp3) is 0.118. The predicted octanol–water partition coefficient (Wildman–Crippen LogP) is 2.90. The minimum absolute atomic E-state index is 0.0234. The lowest BCUT2D eigenvalue weighted by Gasteiger charge is -2.10. The van der Waals surface area contributed by atoms with Gasteiger partial charge in [-0.2, -0.15) is 13.2 Å². The highest BCUT2D eigenvalue weighted by atomic mass is 32.2. The summed E-state index contributed by atoms with van der Waals surface area (Å²) in [6.45, 7) is 0. The standard InChI is InChI=1S/C17H13F3N6O3S/c1-30(28,29)11-3-2-6-21-16(11)26-14-7-13(23-9-24-14)25-12-5-4-10(8-22-12)15(27)17(18,19)20/h2-9H,1H3,(H2,21,22,23,24,25,26). The molecule has 0 saturated carbocycles. The third-order valence-corrected chi connectivity index (χ3v) is 4.75. The number of Topliss-reactive ketones (excluding diaryl/α,β-unsaturated/α-hetero) is 1. The van der Waals surface area contributed by atoms with E-state index in [1.54, 1.807) is 0 Å². The van der Waals surface area contributed by atoms with E-state index in [1.165, 1.54) is 36.8 Å². The van der Waals surface area contributed by atoms with Crippen LogP contribution in [0.4, 0.5) is 36.4 Å². The van der Waals surface area contributed by atoms with Crippen molar-refractivity contribution in [2.75, 3.05) is 16.9 Å². The number of anilines is 4. The molecule has 0 spiro atoms. The highest BCUT2D eigenvalue weighted by molar-refractivity contribution is 7.90. The summed E-state index contributed by atoms with van der Waals surface area (Å²) < 4.78 is 61.1. The molecule has 13 heteroatoms. The smallest absolute Gasteiger partial charge is 0.325 e. The van der Waals surface area contributed by atoms with Crippen LogP contribution in [0.3, 0.4) is 0 Å². The Morgan fingerprint density at radius 1 is 0.967 bits per heavy atom. The number of carbonyl (C=O) groups excluding carboxylic acids is 1. The molecule has 0 saturated heterocycles. The quantitative estimate of drug-likeness (QED) is 0.559. The Hall–Kier alpha value is -3.61. The van der Waals surface area contributed by atoms with Gasteiger partial charge < -0.3 is 10.6 Å². The molecule has 30 heavy (non-hydrogen) atoms. The Kier molecular flexibility index (Phi) is 5.64. The van der Waals surface area contributed by atoms with Crippen LogP contribution in [0.2, 0.25) is 0 Å². The van der Waals surface area contributed by atoms with E-state index in [2.05, 4.69) is 30.6 Å². The van der Waals surface area contributed by atoms with Gasteiger partial charge in [0, 0.05) is 30.3 Å². The molecular weight excluding hydrogens is 425 g/mol. The molecule has 0 aliphatic carbocycles. The molecule has 0 bridgehead atoms. The van der Waals surface area contributed by atoms with Crippen LogP contribution < -0.4 is 10.6 Å². The summed E-state index contributed by atoms with van der Waals surface area (Å²) in [4.78, 5) is 26.9. The van der Waals surface area contributed by atoms with Gasteiger partial charge in [0.1, 0.15) is 34.5 Å². The van der Waals surface area contributed by atoms with Crippen LogP contribution in [0.25, 0.3) is 0 Å². The lowest BCUT2D eigenvalue weighted by atomic mass is 10.2. The van der Waals surface area contributed by atoms with Crippen LogP contribution in [0.1, 0.15) is 10.4 Å². The molecule has 2 N–H and O–H groups in total. The number of alkyl halides is 3. The van der Waals surface area contributed by atoms with Crippen LogP contribution >= 0.6 is 0 Å². The van der Waals surface area contributed by atoms with Gasteiger partial charge in [0.15, 0.2) is 9.84 Å². The maximum Gasteiger partial charge on any atom is 0.454 e. The molecule has 0 aliphatic rings. The summed E-state index contributed by atoms with van der Waals surface area (Å²) in [7, 11) is -3.54. The van der Waals surface area contributed by atoms with Gasteiger partial charge >= 0.3 is 6.18 Å². The Morgan fingerprint density at radius 3 is 2.27 bits per heavy atom. The molecule has 0 atom stereocenters. The number of hydrogen-bond acceptors (Lipinski definition) is 9. The number of carbonyl (C=O) groups is 1. The van der Waals surface area contributed by atoms with E-state index in [-0.39, 0.29) is 28.2 Å². The maximum atomic E-state index is 12.4. The number of rotatable bonds is 6. The molecular formula is C17H13F3N6O3S. The van der Waals surface area contributed by atoms with Crippen molar-refractivity contribution in [3.05, 3.63) is 54.6 Å². The highest BCUT2D eigenvalue weighted by Crippen LogP contribution is 2.24. The fourth-order valence-electron chi connectivity index (χ4n) is 2.30. The molecule has 9 nitrogen and oxygen atoms in total. The molecule has 0 aliphatic heterocycles. The lowest BCUT2D eigenvalue weighted by Crippen LogP contribution is -2.22. The van der Waals surface area contributed by atoms with Crippen molar-refractivity contribution in [2.45, 2.75) is 11.1 Å². The molecule has 3 aromatic rings. The zero-order chi connectivity index (χ0) is 21.9. The minimum atomic E-state index is -4.99. The summed E-state index contributed by atoms with van der Waals surface area (Å²) in [5, 5.41) is 5.52. The van der Waals surface area contributed by atoms with E-state index in [1.807, 2.05) is 0 Å².